The molecule has 2 saturated carbocycles. The van der Waals surface area contributed by atoms with Gasteiger partial charge in [-0.2, -0.15) is 0 Å². The molecule has 2 nitrogen and oxygen atoms in total. The first-order valence-electron chi connectivity index (χ1n) is 5.78. The Morgan fingerprint density at radius 2 is 2.07 bits per heavy atom. The van der Waals surface area contributed by atoms with Crippen LogP contribution in [-0.2, 0) is 4.74 Å². The van der Waals surface area contributed by atoms with E-state index in [4.69, 9.17) is 4.74 Å². The highest BCUT2D eigenvalue weighted by atomic mass is 16.6. The molecule has 1 N–H and O–H groups in total. The summed E-state index contributed by atoms with van der Waals surface area (Å²) in [6, 6.07) is 0. The molecule has 4 aliphatic rings. The Bertz CT molecular complexity index is 324. The Labute approximate surface area is 83.9 Å². The van der Waals surface area contributed by atoms with Crippen molar-refractivity contribution < 1.29 is 9.84 Å². The van der Waals surface area contributed by atoms with Crippen molar-refractivity contribution >= 4 is 0 Å². The van der Waals surface area contributed by atoms with Gasteiger partial charge in [-0.15, -0.1) is 0 Å². The predicted molar refractivity (Wildman–Crippen MR) is 51.4 cm³/mol. The number of aliphatic hydroxyl groups excluding tert-OH is 1. The number of ether oxygens (including phenoxy) is 1. The van der Waals surface area contributed by atoms with E-state index in [9.17, 15) is 5.11 Å². The summed E-state index contributed by atoms with van der Waals surface area (Å²) in [5, 5.41) is 10.1. The van der Waals surface area contributed by atoms with Crippen LogP contribution in [-0.4, -0.2) is 18.0 Å². The second-order valence-corrected chi connectivity index (χ2v) is 5.55. The van der Waals surface area contributed by atoms with Crippen LogP contribution in [0.3, 0.4) is 0 Å². The normalized spacial score (nSPS) is 63.4. The Kier molecular flexibility index (Phi) is 1.18. The quantitative estimate of drug-likeness (QED) is 0.592. The molecule has 5 unspecified atom stereocenters. The molecule has 76 valence electrons. The maximum absolute atomic E-state index is 10.1. The molecule has 0 spiro atoms. The van der Waals surface area contributed by atoms with E-state index in [1.54, 1.807) is 0 Å². The Balaban J connectivity index is 1.96. The highest BCUT2D eigenvalue weighted by molar-refractivity contribution is 5.29. The molecule has 3 fully saturated rings. The summed E-state index contributed by atoms with van der Waals surface area (Å²) in [5.41, 5.74) is 0.443. The molecule has 0 radical (unpaired) electrons. The van der Waals surface area contributed by atoms with Crippen LogP contribution in [0.4, 0.5) is 0 Å². The van der Waals surface area contributed by atoms with Crippen LogP contribution in [0.2, 0.25) is 0 Å². The monoisotopic (exact) mass is 192 g/mol. The third-order valence-electron chi connectivity index (χ3n) is 5.53. The van der Waals surface area contributed by atoms with Gasteiger partial charge in [0, 0.05) is 10.8 Å². The number of fused-ring (bicyclic) bond motifs is 2. The minimum atomic E-state index is -0.482. The maximum atomic E-state index is 10.1. The van der Waals surface area contributed by atoms with Crippen molar-refractivity contribution in [3.05, 3.63) is 12.2 Å². The first-order chi connectivity index (χ1) is 6.80. The molecule has 4 rings (SSSR count). The predicted octanol–water partition coefficient (Wildman–Crippen LogP) is 1.70. The second-order valence-electron chi connectivity index (χ2n) is 5.55. The van der Waals surface area contributed by atoms with Gasteiger partial charge < -0.3 is 9.84 Å². The van der Waals surface area contributed by atoms with Crippen LogP contribution >= 0.6 is 0 Å². The van der Waals surface area contributed by atoms with Crippen molar-refractivity contribution in [1.29, 1.82) is 0 Å². The average molecular weight is 192 g/mol. The standard InChI is InChI=1S/C12H16O2/c13-10-12-5-1-4-11(12,7-14-10)8-2-3-9(12)6-8/h2-3,8-10,13H,1,4-7H2. The average Bonchev–Trinajstić information content (AvgIpc) is 2.84. The summed E-state index contributed by atoms with van der Waals surface area (Å²) in [4.78, 5) is 0. The van der Waals surface area contributed by atoms with Gasteiger partial charge in [-0.05, 0) is 31.1 Å². The number of hydrogen-bond acceptors (Lipinski definition) is 2. The molecule has 1 aliphatic heterocycles. The van der Waals surface area contributed by atoms with E-state index in [2.05, 4.69) is 12.2 Å². The van der Waals surface area contributed by atoms with Crippen molar-refractivity contribution in [3.63, 3.8) is 0 Å². The first-order valence-corrected chi connectivity index (χ1v) is 5.78. The van der Waals surface area contributed by atoms with Crippen LogP contribution in [0.5, 0.6) is 0 Å². The van der Waals surface area contributed by atoms with Gasteiger partial charge in [0.2, 0.25) is 0 Å². The van der Waals surface area contributed by atoms with Crippen molar-refractivity contribution in [2.75, 3.05) is 6.61 Å². The fourth-order valence-electron chi connectivity index (χ4n) is 5.00. The van der Waals surface area contributed by atoms with E-state index in [1.165, 1.54) is 25.7 Å². The first kappa shape index (κ1) is 7.89. The van der Waals surface area contributed by atoms with E-state index < -0.39 is 6.29 Å². The van der Waals surface area contributed by atoms with Crippen LogP contribution in [0.1, 0.15) is 25.7 Å². The summed E-state index contributed by atoms with van der Waals surface area (Å²) in [6.45, 7) is 0.805. The molecule has 0 aromatic rings. The van der Waals surface area contributed by atoms with E-state index in [1.807, 2.05) is 0 Å². The smallest absolute Gasteiger partial charge is 0.161 e. The van der Waals surface area contributed by atoms with Gasteiger partial charge in [0.25, 0.3) is 0 Å². The molecule has 2 heteroatoms. The number of aliphatic hydroxyl groups is 1. The number of rotatable bonds is 0. The lowest BCUT2D eigenvalue weighted by Crippen LogP contribution is -2.43. The summed E-state index contributed by atoms with van der Waals surface area (Å²) >= 11 is 0. The van der Waals surface area contributed by atoms with E-state index in [-0.39, 0.29) is 5.41 Å². The molecular formula is C12H16O2. The fraction of sp³-hybridized carbons (Fsp3) is 0.833. The lowest BCUT2D eigenvalue weighted by Gasteiger charge is -2.41. The molecular weight excluding hydrogens is 176 g/mol. The van der Waals surface area contributed by atoms with Crippen molar-refractivity contribution in [1.82, 2.24) is 0 Å². The molecule has 2 bridgehead atoms. The molecule has 0 aromatic heterocycles. The minimum Gasteiger partial charge on any atom is -0.367 e. The summed E-state index contributed by atoms with van der Waals surface area (Å²) in [5.74, 6) is 1.31. The zero-order valence-corrected chi connectivity index (χ0v) is 8.28. The van der Waals surface area contributed by atoms with Gasteiger partial charge in [-0.3, -0.25) is 0 Å². The third-order valence-corrected chi connectivity index (χ3v) is 5.53. The molecule has 1 heterocycles. The van der Waals surface area contributed by atoms with Gasteiger partial charge >= 0.3 is 0 Å². The van der Waals surface area contributed by atoms with Crippen LogP contribution < -0.4 is 0 Å². The van der Waals surface area contributed by atoms with E-state index in [0.29, 0.717) is 17.3 Å². The molecule has 1 saturated heterocycles. The molecule has 0 aromatic carbocycles. The second kappa shape index (κ2) is 2.10. The number of allylic oxidation sites excluding steroid dienone is 2. The van der Waals surface area contributed by atoms with Crippen molar-refractivity contribution in [3.8, 4) is 0 Å². The summed E-state index contributed by atoms with van der Waals surface area (Å²) < 4.78 is 5.56. The van der Waals surface area contributed by atoms with Gasteiger partial charge in [0.05, 0.1) is 6.61 Å². The fourth-order valence-corrected chi connectivity index (χ4v) is 5.00. The minimum absolute atomic E-state index is 0.117. The van der Waals surface area contributed by atoms with E-state index >= 15 is 0 Å². The summed E-state index contributed by atoms with van der Waals surface area (Å²) in [6.07, 6.45) is 9.26. The maximum Gasteiger partial charge on any atom is 0.161 e. The highest BCUT2D eigenvalue weighted by Gasteiger charge is 2.73. The van der Waals surface area contributed by atoms with Crippen molar-refractivity contribution in [2.45, 2.75) is 32.0 Å². The molecule has 14 heavy (non-hydrogen) atoms. The SMILES string of the molecule is OC1OCC23CCCC12C1C=CC3C1. The van der Waals surface area contributed by atoms with Crippen LogP contribution in [0, 0.1) is 22.7 Å². The van der Waals surface area contributed by atoms with Gasteiger partial charge in [0.1, 0.15) is 0 Å². The zero-order valence-electron chi connectivity index (χ0n) is 8.28. The van der Waals surface area contributed by atoms with Crippen LogP contribution in [0.25, 0.3) is 0 Å². The van der Waals surface area contributed by atoms with Gasteiger partial charge in [-0.1, -0.05) is 18.6 Å². The summed E-state index contributed by atoms with van der Waals surface area (Å²) in [7, 11) is 0. The topological polar surface area (TPSA) is 29.5 Å². The Hall–Kier alpha value is -0.340. The Morgan fingerprint density at radius 1 is 1.21 bits per heavy atom. The van der Waals surface area contributed by atoms with Crippen molar-refractivity contribution in [2.24, 2.45) is 22.7 Å². The van der Waals surface area contributed by atoms with Gasteiger partial charge in [-0.25, -0.2) is 0 Å². The Morgan fingerprint density at radius 3 is 2.93 bits per heavy atom. The number of hydrogen-bond donors (Lipinski definition) is 1. The molecule has 5 atom stereocenters. The largest absolute Gasteiger partial charge is 0.367 e. The molecule has 3 aliphatic carbocycles. The third kappa shape index (κ3) is 0.537. The van der Waals surface area contributed by atoms with E-state index in [0.717, 1.165) is 6.61 Å². The lowest BCUT2D eigenvalue weighted by atomic mass is 9.61. The zero-order chi connectivity index (χ0) is 9.39. The van der Waals surface area contributed by atoms with Crippen LogP contribution in [0.15, 0.2) is 12.2 Å². The van der Waals surface area contributed by atoms with Gasteiger partial charge in [0.15, 0.2) is 6.29 Å². The highest BCUT2D eigenvalue weighted by Crippen LogP contribution is 2.74. The lowest BCUT2D eigenvalue weighted by molar-refractivity contribution is -0.130. The molecule has 0 amide bonds.